The van der Waals surface area contributed by atoms with Gasteiger partial charge in [-0.15, -0.1) is 11.3 Å². The molecule has 5 nitrogen and oxygen atoms in total. The molecule has 27 heavy (non-hydrogen) atoms. The summed E-state index contributed by atoms with van der Waals surface area (Å²) in [6, 6.07) is 10.6. The van der Waals surface area contributed by atoms with Gasteiger partial charge in [-0.1, -0.05) is 35.9 Å². The summed E-state index contributed by atoms with van der Waals surface area (Å²) < 4.78 is 5.69. The van der Waals surface area contributed by atoms with Crippen LogP contribution in [0.1, 0.15) is 39.7 Å². The van der Waals surface area contributed by atoms with Crippen LogP contribution < -0.4 is 0 Å². The molecule has 2 atom stereocenters. The van der Waals surface area contributed by atoms with Crippen molar-refractivity contribution < 1.29 is 19.4 Å². The van der Waals surface area contributed by atoms with Crippen molar-refractivity contribution in [1.82, 2.24) is 4.90 Å². The lowest BCUT2D eigenvalue weighted by atomic mass is 9.94. The highest BCUT2D eigenvalue weighted by Crippen LogP contribution is 2.40. The molecule has 6 heteroatoms. The molecule has 3 heterocycles. The fraction of sp³-hybridized carbons (Fsp3) is 0.333. The van der Waals surface area contributed by atoms with Gasteiger partial charge in [-0.3, -0.25) is 9.59 Å². The highest BCUT2D eigenvalue weighted by Gasteiger charge is 2.44. The van der Waals surface area contributed by atoms with E-state index in [2.05, 4.69) is 0 Å². The lowest BCUT2D eigenvalue weighted by Gasteiger charge is -2.29. The number of benzene rings is 1. The number of carbonyl (C=O) groups excluding carboxylic acids is 2. The van der Waals surface area contributed by atoms with Gasteiger partial charge >= 0.3 is 0 Å². The summed E-state index contributed by atoms with van der Waals surface area (Å²) in [7, 11) is 0. The summed E-state index contributed by atoms with van der Waals surface area (Å²) in [5.41, 5.74) is 2.06. The zero-order valence-corrected chi connectivity index (χ0v) is 15.9. The van der Waals surface area contributed by atoms with E-state index in [0.29, 0.717) is 18.0 Å². The molecular weight excluding hydrogens is 362 g/mol. The highest BCUT2D eigenvalue weighted by molar-refractivity contribution is 7.12. The molecule has 0 unspecified atom stereocenters. The second kappa shape index (κ2) is 7.29. The first-order chi connectivity index (χ1) is 13.1. The van der Waals surface area contributed by atoms with E-state index in [0.717, 1.165) is 24.0 Å². The maximum absolute atomic E-state index is 13.1. The molecule has 0 bridgehead atoms. The predicted molar refractivity (Wildman–Crippen MR) is 103 cm³/mol. The van der Waals surface area contributed by atoms with Crippen LogP contribution in [0, 0.1) is 6.92 Å². The minimum absolute atomic E-state index is 0.0640. The Balaban J connectivity index is 1.75. The molecule has 2 aliphatic heterocycles. The Labute approximate surface area is 161 Å². The molecule has 0 saturated carbocycles. The van der Waals surface area contributed by atoms with Crippen LogP contribution in [0.15, 0.2) is 53.1 Å². The van der Waals surface area contributed by atoms with Crippen LogP contribution in [0.2, 0.25) is 0 Å². The smallest absolute Gasteiger partial charge is 0.290 e. The normalized spacial score (nSPS) is 22.7. The number of thiophene rings is 1. The first-order valence-electron chi connectivity index (χ1n) is 9.06. The molecule has 140 valence electrons. The number of aryl methyl sites for hydroxylation is 1. The van der Waals surface area contributed by atoms with Gasteiger partial charge in [0.15, 0.2) is 5.76 Å². The molecule has 4 rings (SSSR count). The summed E-state index contributed by atoms with van der Waals surface area (Å²) in [6.45, 7) is 3.03. The number of nitrogens with zero attached hydrogens (tertiary/aromatic N) is 1. The second-order valence-corrected chi connectivity index (χ2v) is 7.92. The van der Waals surface area contributed by atoms with E-state index in [9.17, 15) is 14.7 Å². The van der Waals surface area contributed by atoms with Crippen LogP contribution in [0.25, 0.3) is 0 Å². The van der Waals surface area contributed by atoms with E-state index in [1.54, 1.807) is 17.0 Å². The van der Waals surface area contributed by atoms with Gasteiger partial charge in [0.1, 0.15) is 0 Å². The summed E-state index contributed by atoms with van der Waals surface area (Å²) in [5, 5.41) is 12.4. The Morgan fingerprint density at radius 3 is 2.70 bits per heavy atom. The largest absolute Gasteiger partial charge is 0.503 e. The molecule has 2 aliphatic rings. The molecule has 2 aromatic rings. The molecule has 1 aromatic carbocycles. The van der Waals surface area contributed by atoms with Crippen molar-refractivity contribution >= 4 is 23.0 Å². The highest BCUT2D eigenvalue weighted by atomic mass is 32.1. The first-order valence-corrected chi connectivity index (χ1v) is 9.94. The van der Waals surface area contributed by atoms with Crippen molar-refractivity contribution in [3.05, 3.63) is 69.1 Å². The molecule has 1 aromatic heterocycles. The Morgan fingerprint density at radius 1 is 1.30 bits per heavy atom. The van der Waals surface area contributed by atoms with Gasteiger partial charge in [-0.2, -0.15) is 0 Å². The van der Waals surface area contributed by atoms with E-state index in [1.165, 1.54) is 11.3 Å². The Morgan fingerprint density at radius 2 is 2.07 bits per heavy atom. The average Bonchev–Trinajstić information content (AvgIpc) is 3.41. The second-order valence-electron chi connectivity index (χ2n) is 6.97. The zero-order chi connectivity index (χ0) is 19.0. The maximum atomic E-state index is 13.1. The van der Waals surface area contributed by atoms with Crippen molar-refractivity contribution in [1.29, 1.82) is 0 Å². The minimum Gasteiger partial charge on any atom is -0.503 e. The predicted octanol–water partition coefficient (Wildman–Crippen LogP) is 3.81. The van der Waals surface area contributed by atoms with Crippen LogP contribution >= 0.6 is 11.3 Å². The lowest BCUT2D eigenvalue weighted by Crippen LogP contribution is -2.37. The van der Waals surface area contributed by atoms with Crippen LogP contribution in [-0.4, -0.2) is 41.0 Å². The monoisotopic (exact) mass is 383 g/mol. The number of carbonyl (C=O) groups is 2. The van der Waals surface area contributed by atoms with Gasteiger partial charge in [0.25, 0.3) is 5.91 Å². The standard InChI is InChI=1S/C21H21NO4S/c1-13-6-8-14(9-7-13)18-17(19(23)16-5-3-11-27-16)20(24)21(25)22(18)12-15-4-2-10-26-15/h3,5-9,11,15,18,24H,2,4,10,12H2,1H3/t15-,18+/m1/s1. The lowest BCUT2D eigenvalue weighted by molar-refractivity contribution is -0.131. The quantitative estimate of drug-likeness (QED) is 0.797. The topological polar surface area (TPSA) is 66.8 Å². The zero-order valence-electron chi connectivity index (χ0n) is 15.1. The van der Waals surface area contributed by atoms with E-state index in [1.807, 2.05) is 36.6 Å². The molecule has 0 spiro atoms. The summed E-state index contributed by atoms with van der Waals surface area (Å²) in [5.74, 6) is -1.25. The summed E-state index contributed by atoms with van der Waals surface area (Å²) in [6.07, 6.45) is 1.77. The third kappa shape index (κ3) is 3.31. The van der Waals surface area contributed by atoms with E-state index in [4.69, 9.17) is 4.74 Å². The molecule has 1 fully saturated rings. The number of aliphatic hydroxyl groups excluding tert-OH is 1. The van der Waals surface area contributed by atoms with Gasteiger partial charge in [0, 0.05) is 13.2 Å². The van der Waals surface area contributed by atoms with E-state index >= 15 is 0 Å². The van der Waals surface area contributed by atoms with Gasteiger partial charge in [-0.25, -0.2) is 0 Å². The number of hydrogen-bond donors (Lipinski definition) is 1. The Kier molecular flexibility index (Phi) is 4.85. The first kappa shape index (κ1) is 17.9. The Hall–Kier alpha value is -2.44. The average molecular weight is 383 g/mol. The number of hydrogen-bond acceptors (Lipinski definition) is 5. The van der Waals surface area contributed by atoms with Crippen molar-refractivity contribution in [2.75, 3.05) is 13.2 Å². The molecule has 1 amide bonds. The SMILES string of the molecule is Cc1ccc([C@H]2C(C(=O)c3cccs3)=C(O)C(=O)N2C[C@H]2CCCO2)cc1. The maximum Gasteiger partial charge on any atom is 0.290 e. The van der Waals surface area contributed by atoms with Crippen LogP contribution in [0.4, 0.5) is 0 Å². The third-order valence-electron chi connectivity index (χ3n) is 5.11. The fourth-order valence-corrected chi connectivity index (χ4v) is 4.40. The van der Waals surface area contributed by atoms with Crippen LogP contribution in [0.5, 0.6) is 0 Å². The number of ether oxygens (including phenoxy) is 1. The van der Waals surface area contributed by atoms with Crippen LogP contribution in [0.3, 0.4) is 0 Å². The van der Waals surface area contributed by atoms with Crippen LogP contribution in [-0.2, 0) is 9.53 Å². The Bertz CT molecular complexity index is 879. The molecule has 1 saturated heterocycles. The summed E-state index contributed by atoms with van der Waals surface area (Å²) in [4.78, 5) is 28.0. The number of aliphatic hydroxyl groups is 1. The fourth-order valence-electron chi connectivity index (χ4n) is 3.72. The molecule has 0 radical (unpaired) electrons. The number of ketones is 1. The van der Waals surface area contributed by atoms with Crippen molar-refractivity contribution in [2.45, 2.75) is 31.9 Å². The van der Waals surface area contributed by atoms with Crippen molar-refractivity contribution in [3.63, 3.8) is 0 Å². The number of rotatable bonds is 5. The van der Waals surface area contributed by atoms with Gasteiger partial charge in [-0.05, 0) is 36.8 Å². The number of amides is 1. The molecule has 0 aliphatic carbocycles. The minimum atomic E-state index is -0.600. The van der Waals surface area contributed by atoms with E-state index < -0.39 is 17.7 Å². The molecule has 1 N–H and O–H groups in total. The third-order valence-corrected chi connectivity index (χ3v) is 5.98. The van der Waals surface area contributed by atoms with Gasteiger partial charge in [0.05, 0.1) is 22.6 Å². The van der Waals surface area contributed by atoms with E-state index in [-0.39, 0.29) is 17.5 Å². The summed E-state index contributed by atoms with van der Waals surface area (Å²) >= 11 is 1.31. The van der Waals surface area contributed by atoms with Crippen molar-refractivity contribution in [2.24, 2.45) is 0 Å². The van der Waals surface area contributed by atoms with Gasteiger partial charge < -0.3 is 14.7 Å². The molecular formula is C21H21NO4S. The number of Topliss-reactive ketones (excluding diaryl/α,β-unsaturated/α-hetero) is 1. The van der Waals surface area contributed by atoms with Crippen molar-refractivity contribution in [3.8, 4) is 0 Å². The van der Waals surface area contributed by atoms with Gasteiger partial charge in [0.2, 0.25) is 5.78 Å².